The molecule has 5 aromatic heterocycles. The molecule has 0 unspecified atom stereocenters. The Hall–Kier alpha value is -7.17. The zero-order valence-electron chi connectivity index (χ0n) is 35.3. The summed E-state index contributed by atoms with van der Waals surface area (Å²) >= 11 is 0. The van der Waals surface area contributed by atoms with Gasteiger partial charge < -0.3 is 9.30 Å². The highest BCUT2D eigenvalue weighted by Gasteiger charge is 2.30. The van der Waals surface area contributed by atoms with Crippen LogP contribution in [0.3, 0.4) is 0 Å². The molecule has 5 heterocycles. The van der Waals surface area contributed by atoms with Gasteiger partial charge in [-0.3, -0.25) is 4.40 Å². The van der Waals surface area contributed by atoms with Crippen molar-refractivity contribution < 1.29 is 0 Å². The van der Waals surface area contributed by atoms with E-state index in [1.807, 2.05) is 0 Å². The SMILES string of the molecule is CC(C)(C)c1cc2c3cc4ccccc4cc3n3c4cc5c6cc(C(C)(C)C)cc7c8c9ccccc9cc(N(c9ccccc9)c9ccccc9)c8n(c5nc4c(c1)c23)c67. The molecule has 0 fully saturated rings. The number of pyridine rings is 1. The predicted molar refractivity (Wildman–Crippen MR) is 261 cm³/mol. The Morgan fingerprint density at radius 2 is 0.951 bits per heavy atom. The lowest BCUT2D eigenvalue weighted by molar-refractivity contribution is 0.591. The van der Waals surface area contributed by atoms with Crippen LogP contribution in [0.2, 0.25) is 0 Å². The fourth-order valence-electron chi connectivity index (χ4n) is 10.5. The Morgan fingerprint density at radius 1 is 0.410 bits per heavy atom. The van der Waals surface area contributed by atoms with E-state index in [-0.39, 0.29) is 10.8 Å². The third kappa shape index (κ3) is 4.68. The minimum absolute atomic E-state index is 0.0495. The quantitative estimate of drug-likeness (QED) is 0.178. The van der Waals surface area contributed by atoms with Crippen LogP contribution in [0.15, 0.2) is 158 Å². The number of hydrogen-bond donors (Lipinski definition) is 0. The van der Waals surface area contributed by atoms with E-state index >= 15 is 0 Å². The third-order valence-corrected chi connectivity index (χ3v) is 13.5. The summed E-state index contributed by atoms with van der Waals surface area (Å²) in [5.74, 6) is 0. The molecule has 0 saturated heterocycles. The van der Waals surface area contributed by atoms with Gasteiger partial charge in [0.15, 0.2) is 0 Å². The lowest BCUT2D eigenvalue weighted by atomic mass is 9.85. The van der Waals surface area contributed by atoms with Crippen molar-refractivity contribution in [1.82, 2.24) is 13.8 Å². The first kappa shape index (κ1) is 34.7. The second-order valence-corrected chi connectivity index (χ2v) is 19.3. The van der Waals surface area contributed by atoms with Crippen LogP contribution in [0.4, 0.5) is 17.1 Å². The topological polar surface area (TPSA) is 25.0 Å². The number of hydrogen-bond acceptors (Lipinski definition) is 2. The molecular weight excluding hydrogens is 741 g/mol. The van der Waals surface area contributed by atoms with Crippen LogP contribution in [-0.2, 0) is 10.8 Å². The summed E-state index contributed by atoms with van der Waals surface area (Å²) in [7, 11) is 0. The van der Waals surface area contributed by atoms with Crippen LogP contribution in [0.25, 0.3) is 98.0 Å². The number of fused-ring (bicyclic) bond motifs is 15. The molecule has 13 aromatic rings. The largest absolute Gasteiger partial charge is 0.308 e. The van der Waals surface area contributed by atoms with Crippen molar-refractivity contribution in [3.05, 3.63) is 169 Å². The molecule has 13 rings (SSSR count). The molecule has 4 heteroatoms. The number of rotatable bonds is 3. The van der Waals surface area contributed by atoms with Crippen molar-refractivity contribution >= 4 is 115 Å². The molecule has 61 heavy (non-hydrogen) atoms. The molecule has 0 atom stereocenters. The van der Waals surface area contributed by atoms with Crippen LogP contribution in [-0.4, -0.2) is 13.8 Å². The first-order valence-electron chi connectivity index (χ1n) is 21.6. The fourth-order valence-corrected chi connectivity index (χ4v) is 10.5. The Labute approximate surface area is 353 Å². The smallest absolute Gasteiger partial charge is 0.146 e. The normalized spacial score (nSPS) is 13.1. The molecular formula is C57H44N4. The monoisotopic (exact) mass is 784 g/mol. The predicted octanol–water partition coefficient (Wildman–Crippen LogP) is 15.8. The maximum atomic E-state index is 5.94. The lowest BCUT2D eigenvalue weighted by Gasteiger charge is -2.27. The molecule has 8 aromatic carbocycles. The minimum atomic E-state index is -0.0804. The van der Waals surface area contributed by atoms with Crippen LogP contribution >= 0.6 is 0 Å². The van der Waals surface area contributed by atoms with Gasteiger partial charge in [-0.2, -0.15) is 0 Å². The van der Waals surface area contributed by atoms with Crippen molar-refractivity contribution in [2.75, 3.05) is 4.90 Å². The second kappa shape index (κ2) is 11.8. The maximum Gasteiger partial charge on any atom is 0.146 e. The first-order chi connectivity index (χ1) is 29.5. The number of nitrogens with zero attached hydrogens (tertiary/aromatic N) is 4. The Kier molecular flexibility index (Phi) is 6.69. The summed E-state index contributed by atoms with van der Waals surface area (Å²) in [6.45, 7) is 14.0. The molecule has 0 aliphatic carbocycles. The standard InChI is InChI=1S/C57H44N4/c1-56(2,3)36-29-43-44-32-48-51(46-31-37(57(4,5)6)28-42-41-25-33-17-13-14-18-34(33)26-47(41)60(48)53(42)46)58-55(44)61-52(43)45(30-36)50-40-24-16-15-19-35(40)27-49(54(50)61)59(38-20-9-7-10-21-38)39-22-11-8-12-23-39/h7-32H,1-6H3. The summed E-state index contributed by atoms with van der Waals surface area (Å²) in [6.07, 6.45) is 0. The van der Waals surface area contributed by atoms with Crippen molar-refractivity contribution in [3.63, 3.8) is 0 Å². The second-order valence-electron chi connectivity index (χ2n) is 19.3. The van der Waals surface area contributed by atoms with Gasteiger partial charge in [0.2, 0.25) is 0 Å². The van der Waals surface area contributed by atoms with E-state index < -0.39 is 0 Å². The highest BCUT2D eigenvalue weighted by atomic mass is 15.2. The number of aromatic nitrogens is 3. The van der Waals surface area contributed by atoms with E-state index in [4.69, 9.17) is 4.98 Å². The molecule has 0 spiro atoms. The van der Waals surface area contributed by atoms with E-state index in [2.05, 4.69) is 213 Å². The van der Waals surface area contributed by atoms with E-state index in [1.165, 1.54) is 92.4 Å². The summed E-state index contributed by atoms with van der Waals surface area (Å²) in [5, 5.41) is 13.7. The first-order valence-corrected chi connectivity index (χ1v) is 21.6. The lowest BCUT2D eigenvalue weighted by Crippen LogP contribution is -2.11. The Balaban J connectivity index is 1.28. The van der Waals surface area contributed by atoms with Gasteiger partial charge in [0.1, 0.15) is 5.65 Å². The molecule has 0 N–H and O–H groups in total. The van der Waals surface area contributed by atoms with Crippen molar-refractivity contribution in [2.24, 2.45) is 0 Å². The van der Waals surface area contributed by atoms with Gasteiger partial charge in [0.25, 0.3) is 0 Å². The summed E-state index contributed by atoms with van der Waals surface area (Å²) in [5.41, 5.74) is 13.9. The number of benzene rings is 8. The summed E-state index contributed by atoms with van der Waals surface area (Å²) < 4.78 is 5.04. The number of para-hydroxylation sites is 2. The average molecular weight is 785 g/mol. The van der Waals surface area contributed by atoms with Gasteiger partial charge in [0, 0.05) is 49.1 Å². The van der Waals surface area contributed by atoms with Gasteiger partial charge in [-0.05, 0) is 116 Å². The van der Waals surface area contributed by atoms with Gasteiger partial charge in [-0.25, -0.2) is 4.98 Å². The highest BCUT2D eigenvalue weighted by Crippen LogP contribution is 2.51. The zero-order chi connectivity index (χ0) is 41.1. The molecule has 292 valence electrons. The van der Waals surface area contributed by atoms with Crippen LogP contribution in [0.5, 0.6) is 0 Å². The molecule has 0 saturated carbocycles. The van der Waals surface area contributed by atoms with E-state index in [1.54, 1.807) is 0 Å². The van der Waals surface area contributed by atoms with E-state index in [9.17, 15) is 0 Å². The van der Waals surface area contributed by atoms with Gasteiger partial charge >= 0.3 is 0 Å². The molecule has 4 nitrogen and oxygen atoms in total. The molecule has 0 aliphatic rings. The average Bonchev–Trinajstić information content (AvgIpc) is 3.98. The Morgan fingerprint density at radius 3 is 1.61 bits per heavy atom. The van der Waals surface area contributed by atoms with Crippen LogP contribution in [0, 0.1) is 0 Å². The van der Waals surface area contributed by atoms with Crippen molar-refractivity contribution in [2.45, 2.75) is 52.4 Å². The minimum Gasteiger partial charge on any atom is -0.308 e. The molecule has 0 amide bonds. The zero-order valence-corrected chi connectivity index (χ0v) is 35.3. The summed E-state index contributed by atoms with van der Waals surface area (Å²) in [6, 6.07) is 58.8. The Bertz CT molecular complexity index is 3890. The van der Waals surface area contributed by atoms with Gasteiger partial charge in [-0.15, -0.1) is 0 Å². The van der Waals surface area contributed by atoms with E-state index in [0.29, 0.717) is 0 Å². The van der Waals surface area contributed by atoms with Crippen LogP contribution < -0.4 is 4.90 Å². The fraction of sp³-hybridized carbons (Fsp3) is 0.140. The number of anilines is 3. The third-order valence-electron chi connectivity index (χ3n) is 13.5. The molecule has 0 bridgehead atoms. The van der Waals surface area contributed by atoms with Crippen LogP contribution in [0.1, 0.15) is 52.7 Å². The summed E-state index contributed by atoms with van der Waals surface area (Å²) in [4.78, 5) is 8.38. The molecule has 0 radical (unpaired) electrons. The van der Waals surface area contributed by atoms with E-state index in [0.717, 1.165) is 33.7 Å². The van der Waals surface area contributed by atoms with Gasteiger partial charge in [-0.1, -0.05) is 126 Å². The maximum absolute atomic E-state index is 5.94. The van der Waals surface area contributed by atoms with Gasteiger partial charge in [0.05, 0.1) is 38.8 Å². The van der Waals surface area contributed by atoms with Crippen molar-refractivity contribution in [3.8, 4) is 0 Å². The van der Waals surface area contributed by atoms with Crippen molar-refractivity contribution in [1.29, 1.82) is 0 Å². The highest BCUT2D eigenvalue weighted by molar-refractivity contribution is 6.33. The molecule has 0 aliphatic heterocycles.